The monoisotopic (exact) mass is 290 g/mol. The maximum absolute atomic E-state index is 11.8. The van der Waals surface area contributed by atoms with Crippen LogP contribution in [0.15, 0.2) is 18.2 Å². The molecular formula is C17H26N2O2. The number of benzene rings is 1. The van der Waals surface area contributed by atoms with E-state index in [4.69, 9.17) is 4.74 Å². The standard InChI is InChI=1S/C17H26N2O2/c1-12-9-13(10-14-7-8-18-11-14)5-6-15(12)19-16(20)21-17(2,3)4/h5-6,9,14,18H,7-8,10-11H2,1-4H3,(H,19,20). The van der Waals surface area contributed by atoms with Crippen molar-refractivity contribution in [2.45, 2.75) is 46.1 Å². The van der Waals surface area contributed by atoms with Gasteiger partial charge in [-0.2, -0.15) is 0 Å². The molecule has 1 aromatic carbocycles. The van der Waals surface area contributed by atoms with Crippen molar-refractivity contribution in [3.05, 3.63) is 29.3 Å². The van der Waals surface area contributed by atoms with E-state index < -0.39 is 11.7 Å². The van der Waals surface area contributed by atoms with Gasteiger partial charge in [0.05, 0.1) is 0 Å². The highest BCUT2D eigenvalue weighted by atomic mass is 16.6. The molecule has 1 aliphatic rings. The number of rotatable bonds is 3. The molecular weight excluding hydrogens is 264 g/mol. The van der Waals surface area contributed by atoms with Gasteiger partial charge in [0.25, 0.3) is 0 Å². The number of amides is 1. The quantitative estimate of drug-likeness (QED) is 0.896. The van der Waals surface area contributed by atoms with Gasteiger partial charge in [-0.25, -0.2) is 4.79 Å². The highest BCUT2D eigenvalue weighted by molar-refractivity contribution is 5.85. The van der Waals surface area contributed by atoms with Crippen molar-refractivity contribution in [3.63, 3.8) is 0 Å². The van der Waals surface area contributed by atoms with Gasteiger partial charge in [-0.1, -0.05) is 12.1 Å². The van der Waals surface area contributed by atoms with Crippen LogP contribution in [0.25, 0.3) is 0 Å². The van der Waals surface area contributed by atoms with E-state index in [2.05, 4.69) is 22.8 Å². The first-order valence-corrected chi connectivity index (χ1v) is 7.64. The molecule has 0 spiro atoms. The van der Waals surface area contributed by atoms with Crippen LogP contribution in [0.2, 0.25) is 0 Å². The van der Waals surface area contributed by atoms with E-state index >= 15 is 0 Å². The summed E-state index contributed by atoms with van der Waals surface area (Å²) >= 11 is 0. The zero-order valence-corrected chi connectivity index (χ0v) is 13.5. The normalized spacial score (nSPS) is 18.6. The molecule has 1 amide bonds. The lowest BCUT2D eigenvalue weighted by molar-refractivity contribution is 0.0636. The molecule has 0 aromatic heterocycles. The number of ether oxygens (including phenoxy) is 1. The summed E-state index contributed by atoms with van der Waals surface area (Å²) in [6, 6.07) is 6.22. The minimum Gasteiger partial charge on any atom is -0.444 e. The Balaban J connectivity index is 1.96. The van der Waals surface area contributed by atoms with E-state index in [0.29, 0.717) is 0 Å². The molecule has 1 saturated heterocycles. The van der Waals surface area contributed by atoms with E-state index in [-0.39, 0.29) is 0 Å². The van der Waals surface area contributed by atoms with Crippen LogP contribution in [0, 0.1) is 12.8 Å². The first kappa shape index (κ1) is 15.8. The fraction of sp³-hybridized carbons (Fsp3) is 0.588. The van der Waals surface area contributed by atoms with Gasteiger partial charge in [0.15, 0.2) is 0 Å². The molecule has 2 rings (SSSR count). The van der Waals surface area contributed by atoms with E-state index in [1.54, 1.807) is 0 Å². The van der Waals surface area contributed by atoms with Crippen molar-refractivity contribution in [2.75, 3.05) is 18.4 Å². The minimum atomic E-state index is -0.479. The Morgan fingerprint density at radius 3 is 2.76 bits per heavy atom. The van der Waals surface area contributed by atoms with E-state index in [1.807, 2.05) is 33.8 Å². The van der Waals surface area contributed by atoms with E-state index in [9.17, 15) is 4.79 Å². The van der Waals surface area contributed by atoms with Crippen molar-refractivity contribution in [2.24, 2.45) is 5.92 Å². The van der Waals surface area contributed by atoms with Crippen molar-refractivity contribution in [1.29, 1.82) is 0 Å². The van der Waals surface area contributed by atoms with Gasteiger partial charge in [0.1, 0.15) is 5.60 Å². The van der Waals surface area contributed by atoms with Gasteiger partial charge < -0.3 is 10.1 Å². The number of hydrogen-bond donors (Lipinski definition) is 2. The summed E-state index contributed by atoms with van der Waals surface area (Å²) in [5.74, 6) is 0.731. The van der Waals surface area contributed by atoms with Crippen molar-refractivity contribution in [3.8, 4) is 0 Å². The fourth-order valence-corrected chi connectivity index (χ4v) is 2.63. The first-order valence-electron chi connectivity index (χ1n) is 7.64. The highest BCUT2D eigenvalue weighted by Crippen LogP contribution is 2.21. The van der Waals surface area contributed by atoms with Crippen LogP contribution in [0.1, 0.15) is 38.3 Å². The second kappa shape index (κ2) is 6.48. The van der Waals surface area contributed by atoms with Crippen molar-refractivity contribution < 1.29 is 9.53 Å². The summed E-state index contributed by atoms with van der Waals surface area (Å²) in [4.78, 5) is 11.8. The second-order valence-corrected chi connectivity index (χ2v) is 6.84. The van der Waals surface area contributed by atoms with Crippen LogP contribution in [-0.4, -0.2) is 24.8 Å². The van der Waals surface area contributed by atoms with Gasteiger partial charge in [-0.3, -0.25) is 5.32 Å². The maximum atomic E-state index is 11.8. The number of aryl methyl sites for hydroxylation is 1. The number of hydrogen-bond acceptors (Lipinski definition) is 3. The summed E-state index contributed by atoms with van der Waals surface area (Å²) in [5.41, 5.74) is 2.74. The molecule has 4 heteroatoms. The molecule has 21 heavy (non-hydrogen) atoms. The van der Waals surface area contributed by atoms with Crippen LogP contribution in [0.5, 0.6) is 0 Å². The van der Waals surface area contributed by atoms with Crippen molar-refractivity contribution in [1.82, 2.24) is 5.32 Å². The van der Waals surface area contributed by atoms with Crippen LogP contribution in [-0.2, 0) is 11.2 Å². The summed E-state index contributed by atoms with van der Waals surface area (Å²) in [5, 5.41) is 6.21. The lowest BCUT2D eigenvalue weighted by atomic mass is 9.97. The molecule has 4 nitrogen and oxygen atoms in total. The van der Waals surface area contributed by atoms with Gasteiger partial charge >= 0.3 is 6.09 Å². The zero-order valence-electron chi connectivity index (χ0n) is 13.5. The van der Waals surface area contributed by atoms with Crippen LogP contribution in [0.3, 0.4) is 0 Å². The molecule has 1 atom stereocenters. The smallest absolute Gasteiger partial charge is 0.412 e. The predicted octanol–water partition coefficient (Wildman–Crippen LogP) is 3.49. The van der Waals surface area contributed by atoms with Crippen molar-refractivity contribution >= 4 is 11.8 Å². The topological polar surface area (TPSA) is 50.4 Å². The Labute approximate surface area is 127 Å². The molecule has 0 saturated carbocycles. The summed E-state index contributed by atoms with van der Waals surface area (Å²) in [6.07, 6.45) is 1.94. The Bertz CT molecular complexity index is 500. The van der Waals surface area contributed by atoms with Crippen LogP contribution in [0.4, 0.5) is 10.5 Å². The van der Waals surface area contributed by atoms with Gasteiger partial charge in [0, 0.05) is 5.69 Å². The Hall–Kier alpha value is -1.55. The molecule has 1 heterocycles. The number of carbonyl (C=O) groups excluding carboxylic acids is 1. The van der Waals surface area contributed by atoms with Gasteiger partial charge in [-0.05, 0) is 76.7 Å². The predicted molar refractivity (Wildman–Crippen MR) is 85.7 cm³/mol. The Kier molecular flexibility index (Phi) is 4.88. The Morgan fingerprint density at radius 2 is 2.19 bits per heavy atom. The van der Waals surface area contributed by atoms with Crippen LogP contribution < -0.4 is 10.6 Å². The molecule has 116 valence electrons. The van der Waals surface area contributed by atoms with E-state index in [0.717, 1.165) is 36.7 Å². The third-order valence-corrected chi connectivity index (χ3v) is 3.61. The maximum Gasteiger partial charge on any atom is 0.412 e. The summed E-state index contributed by atoms with van der Waals surface area (Å²) < 4.78 is 5.28. The van der Waals surface area contributed by atoms with Crippen LogP contribution >= 0.6 is 0 Å². The first-order chi connectivity index (χ1) is 9.83. The largest absolute Gasteiger partial charge is 0.444 e. The Morgan fingerprint density at radius 1 is 1.43 bits per heavy atom. The molecule has 1 fully saturated rings. The average molecular weight is 290 g/mol. The second-order valence-electron chi connectivity index (χ2n) is 6.84. The number of carbonyl (C=O) groups is 1. The number of nitrogens with one attached hydrogen (secondary N) is 2. The molecule has 1 aliphatic heterocycles. The van der Waals surface area contributed by atoms with Gasteiger partial charge in [0.2, 0.25) is 0 Å². The average Bonchev–Trinajstić information content (AvgIpc) is 2.83. The SMILES string of the molecule is Cc1cc(CC2CCNC2)ccc1NC(=O)OC(C)(C)C. The molecule has 2 N–H and O–H groups in total. The lowest BCUT2D eigenvalue weighted by Gasteiger charge is -2.20. The molecule has 0 aliphatic carbocycles. The molecule has 0 radical (unpaired) electrons. The third kappa shape index (κ3) is 5.05. The number of anilines is 1. The molecule has 1 aromatic rings. The van der Waals surface area contributed by atoms with E-state index in [1.165, 1.54) is 12.0 Å². The lowest BCUT2D eigenvalue weighted by Crippen LogP contribution is -2.27. The molecule has 1 unspecified atom stereocenters. The fourth-order valence-electron chi connectivity index (χ4n) is 2.63. The summed E-state index contributed by atoms with van der Waals surface area (Å²) in [7, 11) is 0. The van der Waals surface area contributed by atoms with Gasteiger partial charge in [-0.15, -0.1) is 0 Å². The highest BCUT2D eigenvalue weighted by Gasteiger charge is 2.18. The third-order valence-electron chi connectivity index (χ3n) is 3.61. The summed E-state index contributed by atoms with van der Waals surface area (Å²) in [6.45, 7) is 9.83. The molecule has 0 bridgehead atoms. The zero-order chi connectivity index (χ0) is 15.5. The minimum absolute atomic E-state index is 0.404.